The Morgan fingerprint density at radius 1 is 0.685 bits per heavy atom. The Morgan fingerprint density at radius 3 is 2.39 bits per heavy atom. The lowest BCUT2D eigenvalue weighted by molar-refractivity contribution is 0.776. The Labute approximate surface area is 319 Å². The van der Waals surface area contributed by atoms with Gasteiger partial charge in [-0.15, -0.1) is 0 Å². The lowest BCUT2D eigenvalue weighted by Crippen LogP contribution is -2.29. The minimum atomic E-state index is -0.0975. The van der Waals surface area contributed by atoms with Crippen molar-refractivity contribution >= 4 is 35.0 Å². The molecule has 264 valence electrons. The van der Waals surface area contributed by atoms with Crippen LogP contribution >= 0.6 is 0 Å². The van der Waals surface area contributed by atoms with E-state index in [4.69, 9.17) is 4.99 Å². The topological polar surface area (TPSA) is 36.8 Å². The Hall–Kier alpha value is -5.80. The summed E-state index contributed by atoms with van der Waals surface area (Å²) in [7, 11) is 0. The van der Waals surface area contributed by atoms with E-state index >= 15 is 0 Å². The average Bonchev–Trinajstić information content (AvgIpc) is 3.26. The van der Waals surface area contributed by atoms with Crippen LogP contribution in [-0.2, 0) is 6.42 Å². The lowest BCUT2D eigenvalue weighted by Gasteiger charge is -2.31. The molecule has 4 aliphatic carbocycles. The molecule has 0 spiro atoms. The Morgan fingerprint density at radius 2 is 1.50 bits per heavy atom. The molecular weight excluding hydrogens is 655 g/mol. The van der Waals surface area contributed by atoms with E-state index in [9.17, 15) is 0 Å². The van der Waals surface area contributed by atoms with Gasteiger partial charge in [-0.05, 0) is 136 Å². The lowest BCUT2D eigenvalue weighted by atomic mass is 9.73. The molecule has 0 saturated heterocycles. The van der Waals surface area contributed by atoms with Crippen LogP contribution in [0.25, 0.3) is 22.9 Å². The molecule has 6 aliphatic rings. The zero-order valence-corrected chi connectivity index (χ0v) is 30.7. The quantitative estimate of drug-likeness (QED) is 0.214. The molecule has 0 saturated carbocycles. The van der Waals surface area contributed by atoms with Gasteiger partial charge in [0.2, 0.25) is 0 Å². The van der Waals surface area contributed by atoms with Crippen LogP contribution in [0.5, 0.6) is 0 Å². The highest BCUT2D eigenvalue weighted by atomic mass is 15.0. The molecule has 0 aromatic heterocycles. The van der Waals surface area contributed by atoms with E-state index in [1.54, 1.807) is 5.57 Å². The molecule has 3 nitrogen and oxygen atoms in total. The maximum atomic E-state index is 5.47. The largest absolute Gasteiger partial charge is 0.340 e. The zero-order chi connectivity index (χ0) is 35.8. The molecule has 2 aliphatic heterocycles. The summed E-state index contributed by atoms with van der Waals surface area (Å²) < 4.78 is 0. The van der Waals surface area contributed by atoms with E-state index in [-0.39, 0.29) is 6.04 Å². The van der Waals surface area contributed by atoms with Crippen LogP contribution < -0.4 is 5.32 Å². The summed E-state index contributed by atoms with van der Waals surface area (Å²) in [5.41, 5.74) is 18.9. The predicted molar refractivity (Wildman–Crippen MR) is 226 cm³/mol. The molecule has 0 amide bonds. The van der Waals surface area contributed by atoms with Crippen molar-refractivity contribution in [3.8, 4) is 0 Å². The molecule has 0 radical (unpaired) electrons. The van der Waals surface area contributed by atoms with E-state index in [0.717, 1.165) is 62.9 Å². The summed E-state index contributed by atoms with van der Waals surface area (Å²) in [6, 6.07) is 34.2. The number of aliphatic imine (C=N–C) groups is 2. The highest BCUT2D eigenvalue weighted by molar-refractivity contribution is 6.06. The van der Waals surface area contributed by atoms with Crippen LogP contribution in [0.3, 0.4) is 0 Å². The Balaban J connectivity index is 0.994. The van der Waals surface area contributed by atoms with E-state index in [2.05, 4.69) is 156 Å². The fourth-order valence-corrected chi connectivity index (χ4v) is 9.32. The van der Waals surface area contributed by atoms with Crippen LogP contribution in [0, 0.1) is 0 Å². The highest BCUT2D eigenvalue weighted by Crippen LogP contribution is 2.46. The number of allylic oxidation sites excluding steroid dienone is 9. The summed E-state index contributed by atoms with van der Waals surface area (Å²) in [4.78, 5) is 9.88. The standard InChI is InChI=1S/C51H45N3/c1-3-16-43-35(10-1)12-8-20-44(43)39-13-7-14-41(30-39)51-53-49(37-25-21-34(22-26-37)42-15-9-29-52-33-42)32-50(54-51)38-27-23-36(24-28-38)48-31-40-11-2-4-17-45(40)46-18-5-6-19-47(46)48/h1-2,5-6,8-13,18-30,32-33,42,48,50H,3-4,7,14-17,31H2,(H,53,54). The number of rotatable bonds is 6. The molecule has 0 fully saturated rings. The first kappa shape index (κ1) is 32.8. The van der Waals surface area contributed by atoms with Crippen LogP contribution in [0.2, 0.25) is 0 Å². The number of benzene rings is 4. The predicted octanol–water partition coefficient (Wildman–Crippen LogP) is 12.2. The second-order valence-electron chi connectivity index (χ2n) is 15.4. The first-order valence-electron chi connectivity index (χ1n) is 19.9. The van der Waals surface area contributed by atoms with Crippen molar-refractivity contribution < 1.29 is 0 Å². The van der Waals surface area contributed by atoms with E-state index in [0.29, 0.717) is 11.8 Å². The average molecular weight is 700 g/mol. The fourth-order valence-electron chi connectivity index (χ4n) is 9.32. The van der Waals surface area contributed by atoms with Crippen molar-refractivity contribution in [1.29, 1.82) is 0 Å². The van der Waals surface area contributed by atoms with Crippen LogP contribution in [-0.4, -0.2) is 12.1 Å². The number of fused-ring (bicyclic) bond motifs is 3. The maximum absolute atomic E-state index is 5.47. The van der Waals surface area contributed by atoms with Crippen molar-refractivity contribution in [3.63, 3.8) is 0 Å². The summed E-state index contributed by atoms with van der Waals surface area (Å²) >= 11 is 0. The number of nitrogens with zero attached hydrogens (tertiary/aromatic N) is 2. The van der Waals surface area contributed by atoms with Gasteiger partial charge >= 0.3 is 0 Å². The number of hydrogen-bond acceptors (Lipinski definition) is 3. The maximum Gasteiger partial charge on any atom is 0.129 e. The van der Waals surface area contributed by atoms with E-state index in [1.807, 2.05) is 6.20 Å². The molecule has 10 rings (SSSR count). The first-order valence-corrected chi connectivity index (χ1v) is 19.9. The van der Waals surface area contributed by atoms with E-state index in [1.165, 1.54) is 66.8 Å². The zero-order valence-electron chi connectivity index (χ0n) is 30.7. The van der Waals surface area contributed by atoms with Gasteiger partial charge in [0, 0.05) is 29.9 Å². The second kappa shape index (κ2) is 14.2. The fraction of sp³-hybridized carbons (Fsp3) is 0.216. The normalized spacial score (nSPS) is 22.6. The number of hydrogen-bond donors (Lipinski definition) is 1. The summed E-state index contributed by atoms with van der Waals surface area (Å²) in [6.07, 6.45) is 31.0. The van der Waals surface area contributed by atoms with Crippen LogP contribution in [0.4, 0.5) is 0 Å². The van der Waals surface area contributed by atoms with Crippen molar-refractivity contribution in [2.45, 2.75) is 69.2 Å². The number of nitrogens with one attached hydrogen (secondary N) is 1. The Bertz CT molecular complexity index is 2400. The minimum absolute atomic E-state index is 0.0975. The summed E-state index contributed by atoms with van der Waals surface area (Å²) in [5.74, 6) is 1.66. The second-order valence-corrected chi connectivity index (χ2v) is 15.4. The summed E-state index contributed by atoms with van der Waals surface area (Å²) in [6.45, 7) is 0. The Kier molecular flexibility index (Phi) is 8.64. The molecule has 4 aromatic rings. The van der Waals surface area contributed by atoms with Gasteiger partial charge in [-0.25, -0.2) is 0 Å². The van der Waals surface area contributed by atoms with Gasteiger partial charge < -0.3 is 5.32 Å². The van der Waals surface area contributed by atoms with Crippen molar-refractivity contribution in [1.82, 2.24) is 5.32 Å². The van der Waals surface area contributed by atoms with Crippen molar-refractivity contribution in [3.05, 3.63) is 201 Å². The SMILES string of the molecule is C1=CC2=C(CC1)c1ccccc1C(c1ccc(C3C=C(c4ccc(C5C=NC=CC5)cc4)NC(C4=CC(c5cccc6c5CCC=C6)=CCC4)=N3)cc1)C2. The summed E-state index contributed by atoms with van der Waals surface area (Å²) in [5, 5.41) is 3.83. The molecule has 3 unspecified atom stereocenters. The molecule has 3 heteroatoms. The molecule has 2 heterocycles. The third-order valence-corrected chi connectivity index (χ3v) is 12.2. The highest BCUT2D eigenvalue weighted by Gasteiger charge is 2.28. The van der Waals surface area contributed by atoms with Crippen molar-refractivity contribution in [2.75, 3.05) is 0 Å². The number of amidine groups is 1. The van der Waals surface area contributed by atoms with Gasteiger partial charge in [0.05, 0.1) is 6.04 Å². The van der Waals surface area contributed by atoms with Gasteiger partial charge in [0.25, 0.3) is 0 Å². The third kappa shape index (κ3) is 6.22. The monoisotopic (exact) mass is 699 g/mol. The smallest absolute Gasteiger partial charge is 0.129 e. The van der Waals surface area contributed by atoms with Gasteiger partial charge in [0.1, 0.15) is 5.84 Å². The van der Waals surface area contributed by atoms with Gasteiger partial charge in [0.15, 0.2) is 0 Å². The minimum Gasteiger partial charge on any atom is -0.340 e. The molecule has 4 aromatic carbocycles. The van der Waals surface area contributed by atoms with E-state index < -0.39 is 0 Å². The molecule has 54 heavy (non-hydrogen) atoms. The van der Waals surface area contributed by atoms with Gasteiger partial charge in [-0.2, -0.15) is 0 Å². The van der Waals surface area contributed by atoms with Crippen molar-refractivity contribution in [2.24, 2.45) is 9.98 Å². The van der Waals surface area contributed by atoms with Gasteiger partial charge in [-0.3, -0.25) is 9.98 Å². The van der Waals surface area contributed by atoms with Crippen LogP contribution in [0.15, 0.2) is 161 Å². The molecular formula is C51H45N3. The molecule has 0 bridgehead atoms. The third-order valence-electron chi connectivity index (χ3n) is 12.2. The van der Waals surface area contributed by atoms with Gasteiger partial charge in [-0.1, -0.05) is 127 Å². The molecule has 3 atom stereocenters. The first-order chi connectivity index (χ1) is 26.7. The van der Waals surface area contributed by atoms with Crippen LogP contribution in [0.1, 0.15) is 113 Å². The molecule has 1 N–H and O–H groups in total.